The van der Waals surface area contributed by atoms with Crippen molar-refractivity contribution in [3.05, 3.63) is 135 Å². The van der Waals surface area contributed by atoms with Gasteiger partial charge in [-0.2, -0.15) is 0 Å². The van der Waals surface area contributed by atoms with Gasteiger partial charge in [-0.1, -0.05) is 91.0 Å². The highest BCUT2D eigenvalue weighted by Gasteiger charge is 2.39. The van der Waals surface area contributed by atoms with E-state index >= 15 is 0 Å². The zero-order valence-electron chi connectivity index (χ0n) is 21.7. The third kappa shape index (κ3) is 5.40. The molecule has 1 atom stereocenters. The number of aldehydes is 1. The molecule has 0 saturated heterocycles. The average molecular weight is 523 g/mol. The van der Waals surface area contributed by atoms with Crippen LogP contribution in [-0.2, 0) is 11.3 Å². The fraction of sp³-hybridized carbons (Fsp3) is 0.219. The van der Waals surface area contributed by atoms with Gasteiger partial charge in [-0.15, -0.1) is 0 Å². The summed E-state index contributed by atoms with van der Waals surface area (Å²) in [7, 11) is 1.59. The predicted molar refractivity (Wildman–Crippen MR) is 148 cm³/mol. The number of aromatic nitrogens is 1. The van der Waals surface area contributed by atoms with E-state index in [9.17, 15) is 14.4 Å². The fourth-order valence-corrected chi connectivity index (χ4v) is 5.21. The van der Waals surface area contributed by atoms with E-state index in [2.05, 4.69) is 24.3 Å². The van der Waals surface area contributed by atoms with Crippen molar-refractivity contribution >= 4 is 12.2 Å². The number of benzene rings is 3. The molecule has 0 bridgehead atoms. The van der Waals surface area contributed by atoms with Crippen LogP contribution in [0.2, 0.25) is 0 Å². The van der Waals surface area contributed by atoms with Gasteiger partial charge in [0.15, 0.2) is 17.7 Å². The Labute approximate surface area is 227 Å². The molecule has 0 saturated carbocycles. The van der Waals surface area contributed by atoms with E-state index in [0.717, 1.165) is 16.7 Å². The van der Waals surface area contributed by atoms with Crippen molar-refractivity contribution in [3.63, 3.8) is 0 Å². The van der Waals surface area contributed by atoms with Gasteiger partial charge in [0, 0.05) is 32.3 Å². The maximum absolute atomic E-state index is 13.9. The Morgan fingerprint density at radius 3 is 2.05 bits per heavy atom. The summed E-state index contributed by atoms with van der Waals surface area (Å²) in [5.41, 5.74) is 2.45. The zero-order chi connectivity index (χ0) is 27.2. The van der Waals surface area contributed by atoms with Gasteiger partial charge in [-0.05, 0) is 16.7 Å². The van der Waals surface area contributed by atoms with Crippen LogP contribution in [0.5, 0.6) is 5.75 Å². The van der Waals surface area contributed by atoms with Crippen molar-refractivity contribution in [3.8, 4) is 5.75 Å². The average Bonchev–Trinajstić information content (AvgIpc) is 2.98. The first-order chi connectivity index (χ1) is 19.1. The van der Waals surface area contributed by atoms with E-state index in [1.54, 1.807) is 16.6 Å². The molecule has 2 heterocycles. The minimum atomic E-state index is -0.594. The Bertz CT molecular complexity index is 1450. The van der Waals surface area contributed by atoms with Crippen molar-refractivity contribution in [2.75, 3.05) is 26.8 Å². The Hall–Kier alpha value is -4.49. The summed E-state index contributed by atoms with van der Waals surface area (Å²) in [5.74, 6) is -0.616. The summed E-state index contributed by atoms with van der Waals surface area (Å²) in [4.78, 5) is 41.1. The molecule has 0 unspecified atom stereocenters. The van der Waals surface area contributed by atoms with Gasteiger partial charge in [0.05, 0.1) is 18.2 Å². The summed E-state index contributed by atoms with van der Waals surface area (Å²) in [5, 5.41) is 0. The minimum absolute atomic E-state index is 0.0511. The van der Waals surface area contributed by atoms with E-state index in [0.29, 0.717) is 26.0 Å². The lowest BCUT2D eigenvalue weighted by Crippen LogP contribution is -2.47. The molecule has 1 aromatic heterocycles. The largest absolute Gasteiger partial charge is 0.483 e. The second-order valence-electron chi connectivity index (χ2n) is 9.50. The van der Waals surface area contributed by atoms with Crippen molar-refractivity contribution in [2.24, 2.45) is 0 Å². The maximum atomic E-state index is 13.9. The molecular formula is C32H30N2O5. The molecular weight excluding hydrogens is 492 g/mol. The lowest BCUT2D eigenvalue weighted by atomic mass is 9.83. The molecule has 0 fully saturated rings. The molecule has 7 nitrogen and oxygen atoms in total. The van der Waals surface area contributed by atoms with E-state index in [4.69, 9.17) is 9.47 Å². The Kier molecular flexibility index (Phi) is 7.99. The smallest absolute Gasteiger partial charge is 0.274 e. The number of hydrogen-bond donors (Lipinski definition) is 0. The zero-order valence-corrected chi connectivity index (χ0v) is 21.7. The van der Waals surface area contributed by atoms with Gasteiger partial charge < -0.3 is 18.9 Å². The number of nitrogens with zero attached hydrogens (tertiary/aromatic N) is 2. The molecule has 4 aromatic rings. The van der Waals surface area contributed by atoms with E-state index in [-0.39, 0.29) is 41.5 Å². The first kappa shape index (κ1) is 26.1. The lowest BCUT2D eigenvalue weighted by molar-refractivity contribution is 0.0578. The van der Waals surface area contributed by atoms with Crippen LogP contribution in [0.15, 0.2) is 102 Å². The number of amides is 1. The molecule has 0 radical (unpaired) electrons. The first-order valence-corrected chi connectivity index (χ1v) is 12.9. The third-order valence-corrected chi connectivity index (χ3v) is 7.09. The van der Waals surface area contributed by atoms with Gasteiger partial charge in [0.25, 0.3) is 5.91 Å². The van der Waals surface area contributed by atoms with Crippen molar-refractivity contribution in [1.82, 2.24) is 9.47 Å². The number of methoxy groups -OCH3 is 1. The molecule has 7 heteroatoms. The molecule has 1 aliphatic rings. The molecule has 39 heavy (non-hydrogen) atoms. The maximum Gasteiger partial charge on any atom is 0.274 e. The first-order valence-electron chi connectivity index (χ1n) is 12.9. The topological polar surface area (TPSA) is 77.8 Å². The SMILES string of the molecule is COCCN1C[C@H](C(c2ccccc2)c2ccccc2)n2cc(C=O)c(=O)c(OCc3ccccc3)c2C1=O. The van der Waals surface area contributed by atoms with Crippen molar-refractivity contribution < 1.29 is 19.1 Å². The second-order valence-corrected chi connectivity index (χ2v) is 9.50. The minimum Gasteiger partial charge on any atom is -0.483 e. The van der Waals surface area contributed by atoms with Crippen LogP contribution in [0.3, 0.4) is 0 Å². The quantitative estimate of drug-likeness (QED) is 0.282. The van der Waals surface area contributed by atoms with Crippen LogP contribution < -0.4 is 10.2 Å². The lowest BCUT2D eigenvalue weighted by Gasteiger charge is -2.40. The van der Waals surface area contributed by atoms with Gasteiger partial charge >= 0.3 is 0 Å². The highest BCUT2D eigenvalue weighted by atomic mass is 16.5. The summed E-state index contributed by atoms with van der Waals surface area (Å²) < 4.78 is 13.1. The van der Waals surface area contributed by atoms with Crippen molar-refractivity contribution in [1.29, 1.82) is 0 Å². The highest BCUT2D eigenvalue weighted by molar-refractivity contribution is 5.97. The Balaban J connectivity index is 1.70. The van der Waals surface area contributed by atoms with E-state index in [1.165, 1.54) is 6.20 Å². The van der Waals surface area contributed by atoms with Crippen LogP contribution >= 0.6 is 0 Å². The molecule has 0 aliphatic carbocycles. The van der Waals surface area contributed by atoms with E-state index in [1.807, 2.05) is 66.7 Å². The number of carbonyl (C=O) groups is 2. The number of pyridine rings is 1. The van der Waals surface area contributed by atoms with Gasteiger partial charge in [0.1, 0.15) is 6.61 Å². The number of fused-ring (bicyclic) bond motifs is 1. The second kappa shape index (κ2) is 11.9. The molecule has 1 amide bonds. The van der Waals surface area contributed by atoms with Gasteiger partial charge in [-0.25, -0.2) is 0 Å². The molecule has 3 aromatic carbocycles. The molecule has 1 aliphatic heterocycles. The van der Waals surface area contributed by atoms with Crippen LogP contribution in [0.4, 0.5) is 0 Å². The van der Waals surface area contributed by atoms with Crippen LogP contribution in [0.1, 0.15) is 49.5 Å². The van der Waals surface area contributed by atoms with Gasteiger partial charge in [0.2, 0.25) is 5.43 Å². The summed E-state index contributed by atoms with van der Waals surface area (Å²) in [6, 6.07) is 29.2. The normalized spacial score (nSPS) is 14.8. The summed E-state index contributed by atoms with van der Waals surface area (Å²) in [6.07, 6.45) is 2.04. The highest BCUT2D eigenvalue weighted by Crippen LogP contribution is 2.40. The number of hydrogen-bond acceptors (Lipinski definition) is 5. The predicted octanol–water partition coefficient (Wildman–Crippen LogP) is 4.72. The Morgan fingerprint density at radius 1 is 0.897 bits per heavy atom. The van der Waals surface area contributed by atoms with E-state index < -0.39 is 5.43 Å². The summed E-state index contributed by atoms with van der Waals surface area (Å²) in [6.45, 7) is 1.14. The fourth-order valence-electron chi connectivity index (χ4n) is 5.21. The number of rotatable bonds is 10. The van der Waals surface area contributed by atoms with Gasteiger partial charge in [-0.3, -0.25) is 14.4 Å². The van der Waals surface area contributed by atoms with Crippen LogP contribution in [-0.4, -0.2) is 48.5 Å². The number of carbonyl (C=O) groups excluding carboxylic acids is 2. The monoisotopic (exact) mass is 522 g/mol. The third-order valence-electron chi connectivity index (χ3n) is 7.09. The standard InChI is InChI=1S/C32H30N2O5/c1-38-18-17-33-20-27(28(24-13-7-3-8-14-24)25-15-9-4-10-16-25)34-19-26(21-35)30(36)31(29(34)32(33)37)39-22-23-11-5-2-6-12-23/h2-16,19,21,27-28H,17-18,20,22H2,1H3/t27-/m1/s1. The Morgan fingerprint density at radius 2 is 1.49 bits per heavy atom. The van der Waals surface area contributed by atoms with Crippen LogP contribution in [0.25, 0.3) is 0 Å². The summed E-state index contributed by atoms with van der Waals surface area (Å²) >= 11 is 0. The molecule has 0 N–H and O–H groups in total. The number of ether oxygens (including phenoxy) is 2. The molecule has 198 valence electrons. The van der Waals surface area contributed by atoms with Crippen LogP contribution in [0, 0.1) is 0 Å². The van der Waals surface area contributed by atoms with Crippen molar-refractivity contribution in [2.45, 2.75) is 18.6 Å². The molecule has 0 spiro atoms. The molecule has 5 rings (SSSR count).